The molecule has 0 aliphatic carbocycles. The number of hydrogen-bond acceptors (Lipinski definition) is 5. The third-order valence-corrected chi connectivity index (χ3v) is 6.92. The van der Waals surface area contributed by atoms with E-state index in [1.165, 1.54) is 19.2 Å². The number of ether oxygens (including phenoxy) is 1. The molecule has 0 aromatic heterocycles. The van der Waals surface area contributed by atoms with Gasteiger partial charge in [-0.1, -0.05) is 48.0 Å². The fourth-order valence-electron chi connectivity index (χ4n) is 3.09. The van der Waals surface area contributed by atoms with Crippen LogP contribution in [-0.2, 0) is 9.84 Å². The van der Waals surface area contributed by atoms with Crippen LogP contribution in [0.5, 0.6) is 5.75 Å². The highest BCUT2D eigenvalue weighted by Crippen LogP contribution is 2.24. The zero-order valence-electron chi connectivity index (χ0n) is 16.7. The van der Waals surface area contributed by atoms with E-state index in [4.69, 9.17) is 4.74 Å². The van der Waals surface area contributed by atoms with Crippen molar-refractivity contribution in [1.29, 1.82) is 0 Å². The van der Waals surface area contributed by atoms with Gasteiger partial charge in [-0.3, -0.25) is 9.59 Å². The van der Waals surface area contributed by atoms with E-state index >= 15 is 0 Å². The van der Waals surface area contributed by atoms with Gasteiger partial charge in [0.15, 0.2) is 21.4 Å². The first kappa shape index (κ1) is 21.5. The topological polar surface area (TPSA) is 77.5 Å². The van der Waals surface area contributed by atoms with Crippen LogP contribution >= 0.6 is 0 Å². The van der Waals surface area contributed by atoms with Crippen LogP contribution in [0.4, 0.5) is 0 Å². The first-order chi connectivity index (χ1) is 14.3. The molecule has 154 valence electrons. The molecule has 0 N–H and O–H groups in total. The molecule has 0 bridgehead atoms. The summed E-state index contributed by atoms with van der Waals surface area (Å²) in [4.78, 5) is 26.0. The Hall–Kier alpha value is -3.25. The Morgan fingerprint density at radius 1 is 0.833 bits per heavy atom. The molecule has 0 radical (unpaired) electrons. The minimum Gasteiger partial charge on any atom is -0.497 e. The maximum absolute atomic E-state index is 13.3. The molecule has 0 aliphatic heterocycles. The molecule has 0 spiro atoms. The molecule has 5 nitrogen and oxygen atoms in total. The minimum absolute atomic E-state index is 0.0184. The Kier molecular flexibility index (Phi) is 6.47. The number of ketones is 2. The Labute approximate surface area is 176 Å². The highest BCUT2D eigenvalue weighted by molar-refractivity contribution is 7.92. The van der Waals surface area contributed by atoms with Gasteiger partial charge in [-0.25, -0.2) is 8.42 Å². The van der Waals surface area contributed by atoms with Crippen LogP contribution in [-0.4, -0.2) is 32.3 Å². The van der Waals surface area contributed by atoms with Crippen LogP contribution in [0.1, 0.15) is 32.7 Å². The van der Waals surface area contributed by atoms with Crippen molar-refractivity contribution in [3.8, 4) is 5.75 Å². The van der Waals surface area contributed by atoms with Gasteiger partial charge in [0.05, 0.1) is 12.0 Å². The quantitative estimate of drug-likeness (QED) is 0.506. The van der Waals surface area contributed by atoms with E-state index < -0.39 is 33.1 Å². The normalized spacial score (nSPS) is 12.2. The second kappa shape index (κ2) is 9.05. The summed E-state index contributed by atoms with van der Waals surface area (Å²) in [5.41, 5.74) is 1.47. The third-order valence-electron chi connectivity index (χ3n) is 4.86. The fraction of sp³-hybridized carbons (Fsp3) is 0.167. The summed E-state index contributed by atoms with van der Waals surface area (Å²) in [6.45, 7) is 1.84. The van der Waals surface area contributed by atoms with Gasteiger partial charge in [0.25, 0.3) is 0 Å². The molecule has 0 unspecified atom stereocenters. The summed E-state index contributed by atoms with van der Waals surface area (Å²) < 4.78 is 31.8. The second-order valence-corrected chi connectivity index (χ2v) is 9.06. The maximum atomic E-state index is 13.3. The zero-order valence-corrected chi connectivity index (χ0v) is 17.6. The highest BCUT2D eigenvalue weighted by Gasteiger charge is 2.36. The van der Waals surface area contributed by atoms with Gasteiger partial charge in [0.2, 0.25) is 0 Å². The standard InChI is InChI=1S/C24H22O5S/c1-17-8-14-21(15-9-17)30(27,28)23(24(26)19-6-4-3-5-7-19)16-22(25)18-10-12-20(29-2)13-11-18/h3-15,23H,16H2,1-2H3/t23-/m0/s1. The van der Waals surface area contributed by atoms with E-state index in [0.29, 0.717) is 11.3 Å². The van der Waals surface area contributed by atoms with Crippen LogP contribution in [0.15, 0.2) is 83.8 Å². The van der Waals surface area contributed by atoms with E-state index in [9.17, 15) is 18.0 Å². The SMILES string of the molecule is COc1ccc(C(=O)C[C@@H](C(=O)c2ccccc2)S(=O)(=O)c2ccc(C)cc2)cc1. The lowest BCUT2D eigenvalue weighted by Crippen LogP contribution is -2.33. The van der Waals surface area contributed by atoms with Gasteiger partial charge in [-0.15, -0.1) is 0 Å². The number of methoxy groups -OCH3 is 1. The van der Waals surface area contributed by atoms with Crippen molar-refractivity contribution in [3.05, 3.63) is 95.6 Å². The first-order valence-electron chi connectivity index (χ1n) is 9.40. The lowest BCUT2D eigenvalue weighted by molar-refractivity contribution is 0.0920. The zero-order chi connectivity index (χ0) is 21.7. The molecule has 1 atom stereocenters. The summed E-state index contributed by atoms with van der Waals surface area (Å²) in [6, 6.07) is 20.8. The summed E-state index contributed by atoms with van der Waals surface area (Å²) in [7, 11) is -2.56. The Morgan fingerprint density at radius 2 is 1.43 bits per heavy atom. The van der Waals surface area contributed by atoms with Crippen molar-refractivity contribution in [2.75, 3.05) is 7.11 Å². The molecule has 6 heteroatoms. The summed E-state index contributed by atoms with van der Waals surface area (Å²) in [5, 5.41) is -1.52. The van der Waals surface area contributed by atoms with E-state index in [1.54, 1.807) is 66.7 Å². The lowest BCUT2D eigenvalue weighted by Gasteiger charge is -2.17. The van der Waals surface area contributed by atoms with Gasteiger partial charge in [-0.2, -0.15) is 0 Å². The van der Waals surface area contributed by atoms with E-state index in [2.05, 4.69) is 0 Å². The van der Waals surface area contributed by atoms with E-state index in [-0.39, 0.29) is 10.5 Å². The molecule has 30 heavy (non-hydrogen) atoms. The number of hydrogen-bond donors (Lipinski definition) is 0. The van der Waals surface area contributed by atoms with Gasteiger partial charge in [0, 0.05) is 17.5 Å². The van der Waals surface area contributed by atoms with Crippen molar-refractivity contribution < 1.29 is 22.7 Å². The number of Topliss-reactive ketones (excluding diaryl/α,β-unsaturated/α-hetero) is 2. The molecular weight excluding hydrogens is 400 g/mol. The van der Waals surface area contributed by atoms with Crippen LogP contribution in [0.25, 0.3) is 0 Å². The van der Waals surface area contributed by atoms with E-state index in [1.807, 2.05) is 6.92 Å². The number of carbonyl (C=O) groups excluding carboxylic acids is 2. The predicted molar refractivity (Wildman–Crippen MR) is 115 cm³/mol. The molecule has 0 heterocycles. The lowest BCUT2D eigenvalue weighted by atomic mass is 10.0. The molecule has 0 aliphatic rings. The van der Waals surface area contributed by atoms with Gasteiger partial charge in [0.1, 0.15) is 11.0 Å². The van der Waals surface area contributed by atoms with Crippen LogP contribution in [0, 0.1) is 6.92 Å². The average Bonchev–Trinajstić information content (AvgIpc) is 2.77. The van der Waals surface area contributed by atoms with Crippen LogP contribution < -0.4 is 4.74 Å². The monoisotopic (exact) mass is 422 g/mol. The van der Waals surface area contributed by atoms with Crippen molar-refractivity contribution in [2.45, 2.75) is 23.5 Å². The fourth-order valence-corrected chi connectivity index (χ4v) is 4.72. The molecule has 0 saturated heterocycles. The van der Waals surface area contributed by atoms with Gasteiger partial charge in [-0.05, 0) is 43.3 Å². The maximum Gasteiger partial charge on any atom is 0.189 e. The smallest absolute Gasteiger partial charge is 0.189 e. The summed E-state index contributed by atoms with van der Waals surface area (Å²) >= 11 is 0. The third kappa shape index (κ3) is 4.66. The predicted octanol–water partition coefficient (Wildman–Crippen LogP) is 4.30. The number of carbonyl (C=O) groups is 2. The van der Waals surface area contributed by atoms with E-state index in [0.717, 1.165) is 5.56 Å². The van der Waals surface area contributed by atoms with Crippen molar-refractivity contribution in [2.24, 2.45) is 0 Å². The number of rotatable bonds is 8. The van der Waals surface area contributed by atoms with Gasteiger partial charge < -0.3 is 4.74 Å². The summed E-state index contributed by atoms with van der Waals surface area (Å²) in [6.07, 6.45) is -0.448. The molecule has 3 rings (SSSR count). The number of benzene rings is 3. The second-order valence-electron chi connectivity index (χ2n) is 6.93. The number of aryl methyl sites for hydroxylation is 1. The Morgan fingerprint density at radius 3 is 2.00 bits per heavy atom. The molecule has 0 fully saturated rings. The van der Waals surface area contributed by atoms with Crippen molar-refractivity contribution >= 4 is 21.4 Å². The van der Waals surface area contributed by atoms with Crippen LogP contribution in [0.2, 0.25) is 0 Å². The van der Waals surface area contributed by atoms with Crippen LogP contribution in [0.3, 0.4) is 0 Å². The molecule has 3 aromatic rings. The molecule has 0 saturated carbocycles. The number of sulfone groups is 1. The molecule has 3 aromatic carbocycles. The average molecular weight is 423 g/mol. The Balaban J connectivity index is 1.99. The minimum atomic E-state index is -4.08. The van der Waals surface area contributed by atoms with Crippen molar-refractivity contribution in [3.63, 3.8) is 0 Å². The van der Waals surface area contributed by atoms with Gasteiger partial charge >= 0.3 is 0 Å². The van der Waals surface area contributed by atoms with Crippen molar-refractivity contribution in [1.82, 2.24) is 0 Å². The first-order valence-corrected chi connectivity index (χ1v) is 10.9. The molecular formula is C24H22O5S. The largest absolute Gasteiger partial charge is 0.497 e. The highest BCUT2D eigenvalue weighted by atomic mass is 32.2. The summed E-state index contributed by atoms with van der Waals surface area (Å²) in [5.74, 6) is -0.448. The molecule has 0 amide bonds. The Bertz CT molecular complexity index is 1130.